The first-order valence-electron chi connectivity index (χ1n) is 6.94. The third-order valence-electron chi connectivity index (χ3n) is 3.19. The first kappa shape index (κ1) is 17.5. The maximum Gasteiger partial charge on any atom is 0.241 e. The minimum absolute atomic E-state index is 0.116. The van der Waals surface area contributed by atoms with E-state index in [0.717, 1.165) is 0 Å². The van der Waals surface area contributed by atoms with Crippen LogP contribution in [0.1, 0.15) is 25.5 Å². The van der Waals surface area contributed by atoms with E-state index in [1.54, 1.807) is 31.2 Å². The van der Waals surface area contributed by atoms with Crippen molar-refractivity contribution >= 4 is 33.2 Å². The fraction of sp³-hybridized carbons (Fsp3) is 0.188. The predicted octanol–water partition coefficient (Wildman–Crippen LogP) is 3.34. The molecule has 0 spiro atoms. The van der Waals surface area contributed by atoms with Crippen molar-refractivity contribution in [2.45, 2.75) is 24.8 Å². The lowest BCUT2D eigenvalue weighted by molar-refractivity contribution is -0.114. The molecule has 2 rings (SSSR count). The third kappa shape index (κ3) is 4.54. The van der Waals surface area contributed by atoms with Crippen LogP contribution in [0.5, 0.6) is 0 Å². The number of amides is 1. The Balaban J connectivity index is 2.18. The normalized spacial score (nSPS) is 12.7. The van der Waals surface area contributed by atoms with E-state index in [2.05, 4.69) is 10.0 Å². The average Bonchev–Trinajstić information content (AvgIpc) is 2.47. The van der Waals surface area contributed by atoms with Crippen molar-refractivity contribution in [2.75, 3.05) is 5.32 Å². The van der Waals surface area contributed by atoms with Crippen LogP contribution in [-0.4, -0.2) is 14.3 Å². The minimum Gasteiger partial charge on any atom is -0.326 e. The zero-order valence-corrected chi connectivity index (χ0v) is 14.3. The van der Waals surface area contributed by atoms with E-state index in [9.17, 15) is 13.2 Å². The van der Waals surface area contributed by atoms with Gasteiger partial charge in [0.1, 0.15) is 0 Å². The lowest BCUT2D eigenvalue weighted by atomic mass is 10.1. The van der Waals surface area contributed by atoms with Crippen LogP contribution in [0, 0.1) is 0 Å². The summed E-state index contributed by atoms with van der Waals surface area (Å²) < 4.78 is 27.4. The highest BCUT2D eigenvalue weighted by atomic mass is 35.5. The molecule has 2 N–H and O–H groups in total. The quantitative estimate of drug-likeness (QED) is 0.866. The molecule has 0 aromatic heterocycles. The fourth-order valence-electron chi connectivity index (χ4n) is 2.11. The Morgan fingerprint density at radius 2 is 1.70 bits per heavy atom. The molecule has 23 heavy (non-hydrogen) atoms. The van der Waals surface area contributed by atoms with Gasteiger partial charge in [-0.25, -0.2) is 13.1 Å². The summed E-state index contributed by atoms with van der Waals surface area (Å²) in [4.78, 5) is 11.1. The van der Waals surface area contributed by atoms with Crippen LogP contribution < -0.4 is 10.0 Å². The number of hydrogen-bond acceptors (Lipinski definition) is 3. The van der Waals surface area contributed by atoms with Crippen molar-refractivity contribution in [2.24, 2.45) is 0 Å². The van der Waals surface area contributed by atoms with E-state index in [4.69, 9.17) is 11.6 Å². The molecule has 0 unspecified atom stereocenters. The molecule has 1 atom stereocenters. The van der Waals surface area contributed by atoms with Crippen LogP contribution in [0.25, 0.3) is 0 Å². The lowest BCUT2D eigenvalue weighted by Gasteiger charge is -2.16. The van der Waals surface area contributed by atoms with E-state index >= 15 is 0 Å². The number of sulfonamides is 1. The number of halogens is 1. The highest BCUT2D eigenvalue weighted by Gasteiger charge is 2.19. The molecule has 0 bridgehead atoms. The van der Waals surface area contributed by atoms with E-state index in [1.165, 1.54) is 31.2 Å². The van der Waals surface area contributed by atoms with Gasteiger partial charge in [-0.05, 0) is 42.8 Å². The Kier molecular flexibility index (Phi) is 5.41. The van der Waals surface area contributed by atoms with Gasteiger partial charge in [0.05, 0.1) is 4.90 Å². The SMILES string of the molecule is CC(=O)Nc1ccc(S(=O)(=O)N[C@H](C)c2ccccc2Cl)cc1. The van der Waals surface area contributed by atoms with Crippen molar-refractivity contribution in [1.29, 1.82) is 0 Å². The van der Waals surface area contributed by atoms with Crippen LogP contribution in [0.4, 0.5) is 5.69 Å². The molecule has 0 heterocycles. The predicted molar refractivity (Wildman–Crippen MR) is 90.9 cm³/mol. The minimum atomic E-state index is -3.69. The number of carbonyl (C=O) groups is 1. The van der Waals surface area contributed by atoms with Gasteiger partial charge in [0.2, 0.25) is 15.9 Å². The molecule has 2 aromatic rings. The van der Waals surface area contributed by atoms with Gasteiger partial charge in [0.25, 0.3) is 0 Å². The van der Waals surface area contributed by atoms with Gasteiger partial charge in [-0.3, -0.25) is 4.79 Å². The number of rotatable bonds is 5. The van der Waals surface area contributed by atoms with Crippen LogP contribution in [-0.2, 0) is 14.8 Å². The molecule has 7 heteroatoms. The molecular formula is C16H17ClN2O3S. The molecule has 0 aliphatic carbocycles. The number of nitrogens with one attached hydrogen (secondary N) is 2. The summed E-state index contributed by atoms with van der Waals surface area (Å²) in [5.41, 5.74) is 1.24. The van der Waals surface area contributed by atoms with E-state index < -0.39 is 16.1 Å². The second-order valence-corrected chi connectivity index (χ2v) is 7.19. The van der Waals surface area contributed by atoms with Crippen molar-refractivity contribution in [3.8, 4) is 0 Å². The zero-order valence-electron chi connectivity index (χ0n) is 12.7. The molecule has 0 radical (unpaired) electrons. The topological polar surface area (TPSA) is 75.3 Å². The molecule has 0 saturated carbocycles. The summed E-state index contributed by atoms with van der Waals surface area (Å²) >= 11 is 6.09. The van der Waals surface area contributed by atoms with E-state index in [0.29, 0.717) is 16.3 Å². The summed E-state index contributed by atoms with van der Waals surface area (Å²) in [7, 11) is -3.69. The standard InChI is InChI=1S/C16H17ClN2O3S/c1-11(15-5-3-4-6-16(15)17)19-23(21,22)14-9-7-13(8-10-14)18-12(2)20/h3-11,19H,1-2H3,(H,18,20)/t11-/m1/s1. The summed E-state index contributed by atoms with van der Waals surface area (Å²) in [5.74, 6) is -0.217. The highest BCUT2D eigenvalue weighted by Crippen LogP contribution is 2.24. The van der Waals surface area contributed by atoms with Gasteiger partial charge in [-0.1, -0.05) is 29.8 Å². The van der Waals surface area contributed by atoms with Crippen LogP contribution >= 0.6 is 11.6 Å². The fourth-order valence-corrected chi connectivity index (χ4v) is 3.63. The summed E-state index contributed by atoms with van der Waals surface area (Å²) in [6, 6.07) is 12.6. The maximum absolute atomic E-state index is 12.4. The molecule has 122 valence electrons. The largest absolute Gasteiger partial charge is 0.326 e. The van der Waals surface area contributed by atoms with Gasteiger partial charge in [0, 0.05) is 23.7 Å². The molecule has 0 aliphatic heterocycles. The van der Waals surface area contributed by atoms with Gasteiger partial charge in [-0.2, -0.15) is 0 Å². The summed E-state index contributed by atoms with van der Waals surface area (Å²) in [5, 5.41) is 3.09. The van der Waals surface area contributed by atoms with Crippen molar-refractivity contribution < 1.29 is 13.2 Å². The van der Waals surface area contributed by atoms with Gasteiger partial charge < -0.3 is 5.32 Å². The Bertz CT molecular complexity index is 804. The van der Waals surface area contributed by atoms with Gasteiger partial charge in [-0.15, -0.1) is 0 Å². The third-order valence-corrected chi connectivity index (χ3v) is 5.09. The van der Waals surface area contributed by atoms with Gasteiger partial charge >= 0.3 is 0 Å². The molecule has 2 aromatic carbocycles. The number of carbonyl (C=O) groups excluding carboxylic acids is 1. The second-order valence-electron chi connectivity index (χ2n) is 5.07. The average molecular weight is 353 g/mol. The van der Waals surface area contributed by atoms with Crippen LogP contribution in [0.3, 0.4) is 0 Å². The van der Waals surface area contributed by atoms with Crippen LogP contribution in [0.15, 0.2) is 53.4 Å². The Morgan fingerprint density at radius 3 is 2.26 bits per heavy atom. The monoisotopic (exact) mass is 352 g/mol. The number of benzene rings is 2. The maximum atomic E-state index is 12.4. The van der Waals surface area contributed by atoms with Gasteiger partial charge in [0.15, 0.2) is 0 Å². The summed E-state index contributed by atoms with van der Waals surface area (Å²) in [6.07, 6.45) is 0. The zero-order chi connectivity index (χ0) is 17.0. The Labute approximate surface area is 140 Å². The van der Waals surface area contributed by atoms with E-state index in [1.807, 2.05) is 0 Å². The second kappa shape index (κ2) is 7.12. The molecular weight excluding hydrogens is 336 g/mol. The first-order chi connectivity index (χ1) is 10.8. The molecule has 1 amide bonds. The first-order valence-corrected chi connectivity index (χ1v) is 8.80. The highest BCUT2D eigenvalue weighted by molar-refractivity contribution is 7.89. The van der Waals surface area contributed by atoms with E-state index in [-0.39, 0.29) is 10.8 Å². The number of hydrogen-bond donors (Lipinski definition) is 2. The van der Waals surface area contributed by atoms with Crippen molar-refractivity contribution in [3.05, 3.63) is 59.1 Å². The molecule has 0 aliphatic rings. The number of anilines is 1. The molecule has 0 saturated heterocycles. The van der Waals surface area contributed by atoms with Crippen molar-refractivity contribution in [3.63, 3.8) is 0 Å². The molecule has 5 nitrogen and oxygen atoms in total. The lowest BCUT2D eigenvalue weighted by Crippen LogP contribution is -2.27. The summed E-state index contributed by atoms with van der Waals surface area (Å²) in [6.45, 7) is 3.11. The Hall–Kier alpha value is -1.89. The molecule has 0 fully saturated rings. The smallest absolute Gasteiger partial charge is 0.241 e. The Morgan fingerprint density at radius 1 is 1.09 bits per heavy atom. The van der Waals surface area contributed by atoms with Crippen LogP contribution in [0.2, 0.25) is 5.02 Å². The van der Waals surface area contributed by atoms with Crippen molar-refractivity contribution in [1.82, 2.24) is 4.72 Å².